The van der Waals surface area contributed by atoms with Gasteiger partial charge in [-0.1, -0.05) is 18.2 Å². The first-order valence-corrected chi connectivity index (χ1v) is 8.57. The minimum absolute atomic E-state index is 0.169. The number of benzene rings is 1. The van der Waals surface area contributed by atoms with E-state index in [1.165, 1.54) is 4.90 Å². The summed E-state index contributed by atoms with van der Waals surface area (Å²) in [5.74, 6) is -0.882. The highest BCUT2D eigenvalue weighted by molar-refractivity contribution is 5.93. The number of rotatable bonds is 4. The van der Waals surface area contributed by atoms with Gasteiger partial charge in [-0.15, -0.1) is 0 Å². The lowest BCUT2D eigenvalue weighted by Crippen LogP contribution is -2.45. The molecule has 0 spiro atoms. The molecule has 9 heteroatoms. The zero-order chi connectivity index (χ0) is 19.4. The van der Waals surface area contributed by atoms with Crippen LogP contribution in [0.1, 0.15) is 18.5 Å². The zero-order valence-electron chi connectivity index (χ0n) is 14.4. The van der Waals surface area contributed by atoms with Gasteiger partial charge >= 0.3 is 6.18 Å². The SMILES string of the molecule is O=C(Nc1ccccc1)C1CCCN(C(=O)Cn2ccc(C(F)(F)F)n2)C1. The average molecular weight is 380 g/mol. The van der Waals surface area contributed by atoms with Gasteiger partial charge in [0.1, 0.15) is 6.54 Å². The quantitative estimate of drug-likeness (QED) is 0.887. The minimum Gasteiger partial charge on any atom is -0.340 e. The number of piperidine rings is 1. The molecule has 1 unspecified atom stereocenters. The van der Waals surface area contributed by atoms with Gasteiger partial charge in [0.15, 0.2) is 5.69 Å². The fourth-order valence-electron chi connectivity index (χ4n) is 3.02. The molecule has 0 bridgehead atoms. The molecule has 3 rings (SSSR count). The molecule has 1 aliphatic rings. The second-order valence-corrected chi connectivity index (χ2v) is 6.43. The van der Waals surface area contributed by atoms with E-state index in [0.717, 1.165) is 16.9 Å². The van der Waals surface area contributed by atoms with Crippen molar-refractivity contribution in [3.63, 3.8) is 0 Å². The highest BCUT2D eigenvalue weighted by Gasteiger charge is 2.34. The fraction of sp³-hybridized carbons (Fsp3) is 0.389. The van der Waals surface area contributed by atoms with E-state index in [4.69, 9.17) is 0 Å². The summed E-state index contributed by atoms with van der Waals surface area (Å²) in [4.78, 5) is 26.3. The third kappa shape index (κ3) is 4.87. The maximum absolute atomic E-state index is 12.6. The molecule has 2 amide bonds. The molecule has 0 saturated carbocycles. The molecule has 1 saturated heterocycles. The van der Waals surface area contributed by atoms with Gasteiger partial charge in [-0.05, 0) is 31.0 Å². The van der Waals surface area contributed by atoms with Crippen LogP contribution >= 0.6 is 0 Å². The van der Waals surface area contributed by atoms with Crippen molar-refractivity contribution in [1.82, 2.24) is 14.7 Å². The topological polar surface area (TPSA) is 67.2 Å². The number of alkyl halides is 3. The smallest absolute Gasteiger partial charge is 0.340 e. The summed E-state index contributed by atoms with van der Waals surface area (Å²) in [7, 11) is 0. The summed E-state index contributed by atoms with van der Waals surface area (Å²) in [6, 6.07) is 9.85. The molecule has 1 aliphatic heterocycles. The molecule has 1 aromatic carbocycles. The van der Waals surface area contributed by atoms with Crippen molar-refractivity contribution in [2.75, 3.05) is 18.4 Å². The molecule has 27 heavy (non-hydrogen) atoms. The van der Waals surface area contributed by atoms with Gasteiger partial charge in [-0.25, -0.2) is 0 Å². The first-order chi connectivity index (χ1) is 12.8. The Kier molecular flexibility index (Phi) is 5.48. The molecule has 0 radical (unpaired) electrons. The van der Waals surface area contributed by atoms with E-state index in [2.05, 4.69) is 10.4 Å². The van der Waals surface area contributed by atoms with Gasteiger partial charge in [0.2, 0.25) is 11.8 Å². The van der Waals surface area contributed by atoms with E-state index in [1.54, 1.807) is 12.1 Å². The van der Waals surface area contributed by atoms with Crippen molar-refractivity contribution in [3.05, 3.63) is 48.3 Å². The van der Waals surface area contributed by atoms with Gasteiger partial charge in [-0.3, -0.25) is 14.3 Å². The van der Waals surface area contributed by atoms with Gasteiger partial charge < -0.3 is 10.2 Å². The number of nitrogens with zero attached hydrogens (tertiary/aromatic N) is 3. The number of carbonyl (C=O) groups is 2. The van der Waals surface area contributed by atoms with Crippen LogP contribution in [0, 0.1) is 5.92 Å². The van der Waals surface area contributed by atoms with Gasteiger partial charge in [0.25, 0.3) is 0 Å². The van der Waals surface area contributed by atoms with Crippen LogP contribution in [0.3, 0.4) is 0 Å². The maximum atomic E-state index is 12.6. The predicted molar refractivity (Wildman–Crippen MR) is 91.6 cm³/mol. The minimum atomic E-state index is -4.54. The monoisotopic (exact) mass is 380 g/mol. The summed E-state index contributed by atoms with van der Waals surface area (Å²) in [6.07, 6.45) is -2.10. The fourth-order valence-corrected chi connectivity index (χ4v) is 3.02. The molecule has 1 N–H and O–H groups in total. The summed E-state index contributed by atoms with van der Waals surface area (Å²) >= 11 is 0. The van der Waals surface area contributed by atoms with Crippen LogP contribution in [-0.2, 0) is 22.3 Å². The van der Waals surface area contributed by atoms with Crippen LogP contribution in [0.25, 0.3) is 0 Å². The van der Waals surface area contributed by atoms with E-state index in [-0.39, 0.29) is 30.8 Å². The summed E-state index contributed by atoms with van der Waals surface area (Å²) in [6.45, 7) is 0.426. The first kappa shape index (κ1) is 18.9. The maximum Gasteiger partial charge on any atom is 0.435 e. The molecule has 1 atom stereocenters. The Bertz CT molecular complexity index is 804. The lowest BCUT2D eigenvalue weighted by molar-refractivity contribution is -0.142. The molecule has 1 aromatic heterocycles. The van der Waals surface area contributed by atoms with Crippen LogP contribution in [0.15, 0.2) is 42.6 Å². The highest BCUT2D eigenvalue weighted by atomic mass is 19.4. The zero-order valence-corrected chi connectivity index (χ0v) is 14.4. The molecule has 1 fully saturated rings. The molecule has 144 valence electrons. The Balaban J connectivity index is 1.57. The number of halogens is 3. The van der Waals surface area contributed by atoms with Crippen molar-refractivity contribution < 1.29 is 22.8 Å². The number of hydrogen-bond acceptors (Lipinski definition) is 3. The summed E-state index contributed by atoms with van der Waals surface area (Å²) in [5.41, 5.74) is -0.351. The first-order valence-electron chi connectivity index (χ1n) is 8.57. The van der Waals surface area contributed by atoms with Crippen LogP contribution in [0.4, 0.5) is 18.9 Å². The van der Waals surface area contributed by atoms with Gasteiger partial charge in [-0.2, -0.15) is 18.3 Å². The number of anilines is 1. The van der Waals surface area contributed by atoms with Crippen LogP contribution in [0.5, 0.6) is 0 Å². The Hall–Kier alpha value is -2.84. The molecule has 6 nitrogen and oxygen atoms in total. The summed E-state index contributed by atoms with van der Waals surface area (Å²) < 4.78 is 38.8. The van der Waals surface area contributed by atoms with Crippen LogP contribution in [0.2, 0.25) is 0 Å². The molecular formula is C18H19F3N4O2. The van der Waals surface area contributed by atoms with E-state index < -0.39 is 11.9 Å². The van der Waals surface area contributed by atoms with Crippen molar-refractivity contribution in [2.24, 2.45) is 5.92 Å². The Morgan fingerprint density at radius 1 is 1.19 bits per heavy atom. The highest BCUT2D eigenvalue weighted by Crippen LogP contribution is 2.27. The third-order valence-electron chi connectivity index (χ3n) is 4.41. The average Bonchev–Trinajstić information content (AvgIpc) is 3.11. The van der Waals surface area contributed by atoms with Gasteiger partial charge in [0.05, 0.1) is 5.92 Å². The number of para-hydroxylation sites is 1. The number of likely N-dealkylation sites (tertiary alicyclic amines) is 1. The van der Waals surface area contributed by atoms with Crippen molar-refractivity contribution in [2.45, 2.75) is 25.6 Å². The lowest BCUT2D eigenvalue weighted by atomic mass is 9.97. The number of aromatic nitrogens is 2. The van der Waals surface area contributed by atoms with E-state index in [9.17, 15) is 22.8 Å². The van der Waals surface area contributed by atoms with Crippen molar-refractivity contribution in [3.8, 4) is 0 Å². The van der Waals surface area contributed by atoms with Crippen molar-refractivity contribution >= 4 is 17.5 Å². The van der Waals surface area contributed by atoms with E-state index >= 15 is 0 Å². The predicted octanol–water partition coefficient (Wildman–Crippen LogP) is 2.78. The van der Waals surface area contributed by atoms with E-state index in [0.29, 0.717) is 25.1 Å². The summed E-state index contributed by atoms with van der Waals surface area (Å²) in [5, 5.41) is 6.21. The third-order valence-corrected chi connectivity index (χ3v) is 4.41. The van der Waals surface area contributed by atoms with Crippen molar-refractivity contribution in [1.29, 1.82) is 0 Å². The number of carbonyl (C=O) groups excluding carboxylic acids is 2. The second kappa shape index (κ2) is 7.81. The largest absolute Gasteiger partial charge is 0.435 e. The van der Waals surface area contributed by atoms with Gasteiger partial charge in [0, 0.05) is 25.0 Å². The second-order valence-electron chi connectivity index (χ2n) is 6.43. The number of nitrogens with one attached hydrogen (secondary N) is 1. The lowest BCUT2D eigenvalue weighted by Gasteiger charge is -2.32. The number of amides is 2. The molecule has 2 aromatic rings. The Morgan fingerprint density at radius 2 is 1.93 bits per heavy atom. The standard InChI is InChI=1S/C18H19F3N4O2/c19-18(20,21)15-8-10-25(23-15)12-16(26)24-9-4-5-13(11-24)17(27)22-14-6-2-1-3-7-14/h1-3,6-8,10,13H,4-5,9,11-12H2,(H,22,27). The Labute approximate surface area is 154 Å². The molecule has 0 aliphatic carbocycles. The molecular weight excluding hydrogens is 361 g/mol. The van der Waals surface area contributed by atoms with Crippen LogP contribution < -0.4 is 5.32 Å². The Morgan fingerprint density at radius 3 is 2.59 bits per heavy atom. The molecule has 2 heterocycles. The van der Waals surface area contributed by atoms with Crippen LogP contribution in [-0.4, -0.2) is 39.6 Å². The normalized spacial score (nSPS) is 17.6. The number of hydrogen-bond donors (Lipinski definition) is 1. The van der Waals surface area contributed by atoms with E-state index in [1.807, 2.05) is 18.2 Å².